The van der Waals surface area contributed by atoms with Gasteiger partial charge in [0.05, 0.1) is 15.7 Å². The van der Waals surface area contributed by atoms with E-state index in [9.17, 15) is 0 Å². The molecule has 5 heteroatoms. The van der Waals surface area contributed by atoms with E-state index >= 15 is 0 Å². The monoisotopic (exact) mass is 348 g/mol. The third-order valence-electron chi connectivity index (χ3n) is 2.60. The number of halogens is 3. The van der Waals surface area contributed by atoms with Gasteiger partial charge in [0.15, 0.2) is 0 Å². The highest BCUT2D eigenvalue weighted by Gasteiger charge is 2.18. The van der Waals surface area contributed by atoms with E-state index in [1.54, 1.807) is 0 Å². The summed E-state index contributed by atoms with van der Waals surface area (Å²) in [5.41, 5.74) is 0.830. The van der Waals surface area contributed by atoms with Gasteiger partial charge in [-0.3, -0.25) is 0 Å². The van der Waals surface area contributed by atoms with Crippen LogP contribution in [0.3, 0.4) is 0 Å². The lowest BCUT2D eigenvalue weighted by Crippen LogP contribution is -2.29. The highest BCUT2D eigenvalue weighted by atomic mass is 79.9. The summed E-state index contributed by atoms with van der Waals surface area (Å²) < 4.78 is 0. The van der Waals surface area contributed by atoms with Crippen molar-refractivity contribution >= 4 is 45.9 Å². The summed E-state index contributed by atoms with van der Waals surface area (Å²) in [5.74, 6) is 1.04. The number of rotatable bonds is 4. The van der Waals surface area contributed by atoms with Crippen LogP contribution >= 0.6 is 40.2 Å². The van der Waals surface area contributed by atoms with Crippen molar-refractivity contribution in [3.63, 3.8) is 0 Å². The Morgan fingerprint density at radius 3 is 2.50 bits per heavy atom. The molecule has 1 aliphatic heterocycles. The molecule has 0 radical (unpaired) electrons. The van der Waals surface area contributed by atoms with E-state index in [1.165, 1.54) is 0 Å². The van der Waals surface area contributed by atoms with Gasteiger partial charge in [-0.15, -0.1) is 23.6 Å². The highest BCUT2D eigenvalue weighted by Crippen LogP contribution is 2.35. The minimum atomic E-state index is 0. The van der Waals surface area contributed by atoms with Crippen LogP contribution in [0.15, 0.2) is 42.8 Å². The Bertz CT molecular complexity index is 440. The van der Waals surface area contributed by atoms with Crippen LogP contribution in [-0.4, -0.2) is 13.1 Å². The second-order valence-electron chi connectivity index (χ2n) is 3.77. The molecule has 0 unspecified atom stereocenters. The summed E-state index contributed by atoms with van der Waals surface area (Å²) in [4.78, 5) is 2.05. The summed E-state index contributed by atoms with van der Waals surface area (Å²) in [6.07, 6.45) is 4.99. The van der Waals surface area contributed by atoms with Crippen LogP contribution in [0.1, 0.15) is 6.42 Å². The van der Waals surface area contributed by atoms with Crippen LogP contribution in [0.5, 0.6) is 0 Å². The number of para-hydroxylation sites is 1. The molecule has 98 valence electrons. The lowest BCUT2D eigenvalue weighted by atomic mass is 10.2. The number of benzene rings is 1. The van der Waals surface area contributed by atoms with Crippen molar-refractivity contribution < 1.29 is 0 Å². The maximum atomic E-state index is 6.22. The zero-order valence-electron chi connectivity index (χ0n) is 9.83. The van der Waals surface area contributed by atoms with Gasteiger partial charge in [0.1, 0.15) is 5.82 Å². The van der Waals surface area contributed by atoms with Crippen molar-refractivity contribution in [1.29, 1.82) is 0 Å². The lowest BCUT2D eigenvalue weighted by Gasteiger charge is -2.26. The van der Waals surface area contributed by atoms with Gasteiger partial charge in [0.2, 0.25) is 0 Å². The predicted octanol–water partition coefficient (Wildman–Crippen LogP) is 4.40. The van der Waals surface area contributed by atoms with Crippen LogP contribution < -0.4 is 10.2 Å². The Labute approximate surface area is 128 Å². The van der Waals surface area contributed by atoms with Gasteiger partial charge in [-0.25, -0.2) is 0 Å². The van der Waals surface area contributed by atoms with Gasteiger partial charge < -0.3 is 10.2 Å². The third-order valence-corrected chi connectivity index (χ3v) is 3.21. The fraction of sp³-hybridized carbons (Fsp3) is 0.231. The summed E-state index contributed by atoms with van der Waals surface area (Å²) in [6, 6.07) is 5.53. The van der Waals surface area contributed by atoms with E-state index < -0.39 is 0 Å². The van der Waals surface area contributed by atoms with Crippen molar-refractivity contribution in [1.82, 2.24) is 5.32 Å². The van der Waals surface area contributed by atoms with Crippen LogP contribution in [0, 0.1) is 0 Å². The van der Waals surface area contributed by atoms with E-state index in [0.29, 0.717) is 16.6 Å². The Morgan fingerprint density at radius 2 is 2.00 bits per heavy atom. The molecule has 0 saturated carbocycles. The van der Waals surface area contributed by atoms with Crippen molar-refractivity contribution in [2.24, 2.45) is 0 Å². The number of nitrogens with zero attached hydrogens (tertiary/aromatic N) is 1. The molecule has 1 aromatic rings. The van der Waals surface area contributed by atoms with E-state index in [0.717, 1.165) is 24.5 Å². The zero-order chi connectivity index (χ0) is 12.3. The minimum absolute atomic E-state index is 0. The van der Waals surface area contributed by atoms with Crippen molar-refractivity contribution in [2.75, 3.05) is 18.0 Å². The Hall–Kier alpha value is -0.640. The molecule has 0 aliphatic carbocycles. The van der Waals surface area contributed by atoms with Gasteiger partial charge in [0, 0.05) is 13.1 Å². The van der Waals surface area contributed by atoms with E-state index in [1.807, 2.05) is 29.2 Å². The maximum Gasteiger partial charge on any atom is 0.102 e. The smallest absolute Gasteiger partial charge is 0.102 e. The molecule has 2 rings (SSSR count). The second-order valence-corrected chi connectivity index (χ2v) is 4.59. The minimum Gasteiger partial charge on any atom is -0.371 e. The molecular weight excluding hydrogens is 335 g/mol. The van der Waals surface area contributed by atoms with Gasteiger partial charge >= 0.3 is 0 Å². The molecule has 0 spiro atoms. The first kappa shape index (κ1) is 15.4. The molecule has 0 aromatic heterocycles. The SMILES string of the molecule is Br.C=CCN(C1=CCCN1)c1c(Cl)cccc1Cl. The predicted molar refractivity (Wildman–Crippen MR) is 85.0 cm³/mol. The second kappa shape index (κ2) is 7.07. The Balaban J connectivity index is 0.00000162. The first-order valence-corrected chi connectivity index (χ1v) is 6.26. The van der Waals surface area contributed by atoms with Gasteiger partial charge in [-0.2, -0.15) is 0 Å². The van der Waals surface area contributed by atoms with Crippen molar-refractivity contribution in [2.45, 2.75) is 6.42 Å². The van der Waals surface area contributed by atoms with Gasteiger partial charge in [-0.05, 0) is 24.6 Å². The largest absolute Gasteiger partial charge is 0.371 e. The molecular formula is C13H15BrCl2N2. The first-order chi connectivity index (χ1) is 8.24. The summed E-state index contributed by atoms with van der Waals surface area (Å²) in [5, 5.41) is 4.61. The summed E-state index contributed by atoms with van der Waals surface area (Å²) >= 11 is 12.4. The normalized spacial score (nSPS) is 13.3. The average Bonchev–Trinajstić information content (AvgIpc) is 2.80. The summed E-state index contributed by atoms with van der Waals surface area (Å²) in [7, 11) is 0. The molecule has 1 heterocycles. The fourth-order valence-corrected chi connectivity index (χ4v) is 2.47. The van der Waals surface area contributed by atoms with Crippen LogP contribution in [0.25, 0.3) is 0 Å². The number of anilines is 1. The number of hydrogen-bond acceptors (Lipinski definition) is 2. The van der Waals surface area contributed by atoms with Crippen LogP contribution in [0.4, 0.5) is 5.69 Å². The lowest BCUT2D eigenvalue weighted by molar-refractivity contribution is 0.822. The molecule has 0 saturated heterocycles. The van der Waals surface area contributed by atoms with Crippen molar-refractivity contribution in [3.8, 4) is 0 Å². The van der Waals surface area contributed by atoms with Crippen molar-refractivity contribution in [3.05, 3.63) is 52.8 Å². The number of nitrogens with one attached hydrogen (secondary N) is 1. The molecule has 1 aliphatic rings. The topological polar surface area (TPSA) is 15.3 Å². The fourth-order valence-electron chi connectivity index (χ4n) is 1.87. The zero-order valence-corrected chi connectivity index (χ0v) is 13.1. The molecule has 1 aromatic carbocycles. The Kier molecular flexibility index (Phi) is 6.06. The molecule has 0 fully saturated rings. The average molecular weight is 350 g/mol. The molecule has 0 amide bonds. The molecule has 0 atom stereocenters. The quantitative estimate of drug-likeness (QED) is 0.810. The highest BCUT2D eigenvalue weighted by molar-refractivity contribution is 8.93. The van der Waals surface area contributed by atoms with Gasteiger partial charge in [-0.1, -0.05) is 35.3 Å². The standard InChI is InChI=1S/C13H14Cl2N2.BrH/c1-2-9-17(12-7-4-8-16-12)13-10(14)5-3-6-11(13)15;/h2-3,5-7,16H,1,4,8-9H2;1H. The number of hydrogen-bond donors (Lipinski definition) is 1. The van der Waals surface area contributed by atoms with E-state index in [-0.39, 0.29) is 17.0 Å². The summed E-state index contributed by atoms with van der Waals surface area (Å²) in [6.45, 7) is 5.39. The molecule has 18 heavy (non-hydrogen) atoms. The maximum absolute atomic E-state index is 6.22. The molecule has 1 N–H and O–H groups in total. The Morgan fingerprint density at radius 1 is 1.33 bits per heavy atom. The van der Waals surface area contributed by atoms with Crippen LogP contribution in [-0.2, 0) is 0 Å². The first-order valence-electron chi connectivity index (χ1n) is 5.50. The molecule has 2 nitrogen and oxygen atoms in total. The van der Waals surface area contributed by atoms with E-state index in [2.05, 4.69) is 18.0 Å². The third kappa shape index (κ3) is 3.22. The molecule has 0 bridgehead atoms. The van der Waals surface area contributed by atoms with Crippen LogP contribution in [0.2, 0.25) is 10.0 Å². The van der Waals surface area contributed by atoms with Gasteiger partial charge in [0.25, 0.3) is 0 Å². The van der Waals surface area contributed by atoms with E-state index in [4.69, 9.17) is 23.2 Å².